The van der Waals surface area contributed by atoms with E-state index >= 15 is 0 Å². The van der Waals surface area contributed by atoms with Crippen LogP contribution in [0.2, 0.25) is 0 Å². The van der Waals surface area contributed by atoms with Gasteiger partial charge in [-0.15, -0.1) is 35.3 Å². The Labute approximate surface area is 185 Å². The van der Waals surface area contributed by atoms with E-state index in [-0.39, 0.29) is 24.0 Å². The number of halogens is 1. The van der Waals surface area contributed by atoms with Gasteiger partial charge in [-0.1, -0.05) is 25.3 Å². The molecule has 1 aromatic rings. The van der Waals surface area contributed by atoms with E-state index in [1.165, 1.54) is 51.4 Å². The van der Waals surface area contributed by atoms with Gasteiger partial charge in [0.1, 0.15) is 0 Å². The van der Waals surface area contributed by atoms with Gasteiger partial charge >= 0.3 is 0 Å². The minimum absolute atomic E-state index is 0. The van der Waals surface area contributed by atoms with Crippen molar-refractivity contribution < 1.29 is 4.74 Å². The predicted octanol–water partition coefficient (Wildman–Crippen LogP) is 4.65. The Bertz CT molecular complexity index is 607. The first-order valence-corrected chi connectivity index (χ1v) is 11.2. The molecule has 3 aliphatic rings. The Morgan fingerprint density at radius 1 is 1.19 bits per heavy atom. The van der Waals surface area contributed by atoms with Gasteiger partial charge in [-0.2, -0.15) is 0 Å². The molecule has 0 aromatic carbocycles. The molecular weight excluding hydrogens is 469 g/mol. The normalized spacial score (nSPS) is 24.6. The first-order chi connectivity index (χ1) is 12.8. The summed E-state index contributed by atoms with van der Waals surface area (Å²) in [5.41, 5.74) is 0.768. The molecule has 3 fully saturated rings. The zero-order valence-electron chi connectivity index (χ0n) is 16.5. The van der Waals surface area contributed by atoms with Crippen LogP contribution in [-0.2, 0) is 10.2 Å². The second kappa shape index (κ2) is 9.44. The maximum absolute atomic E-state index is 5.60. The molecule has 1 N–H and O–H groups in total. The van der Waals surface area contributed by atoms with Gasteiger partial charge in [0.2, 0.25) is 0 Å². The quantitative estimate of drug-likeness (QED) is 0.371. The summed E-state index contributed by atoms with van der Waals surface area (Å²) in [5.74, 6) is 1.11. The molecule has 1 aliphatic carbocycles. The average molecular weight is 503 g/mol. The molecule has 152 valence electrons. The fourth-order valence-corrected chi connectivity index (χ4v) is 6.22. The predicted molar refractivity (Wildman–Crippen MR) is 125 cm³/mol. The average Bonchev–Trinajstić information content (AvgIpc) is 3.35. The van der Waals surface area contributed by atoms with Gasteiger partial charge in [0.25, 0.3) is 0 Å². The van der Waals surface area contributed by atoms with E-state index < -0.39 is 0 Å². The number of guanidine groups is 1. The van der Waals surface area contributed by atoms with Crippen molar-refractivity contribution in [1.82, 2.24) is 10.2 Å². The van der Waals surface area contributed by atoms with Crippen molar-refractivity contribution in [2.75, 3.05) is 39.9 Å². The van der Waals surface area contributed by atoms with Gasteiger partial charge in [0.15, 0.2) is 5.96 Å². The van der Waals surface area contributed by atoms with Gasteiger partial charge in [-0.05, 0) is 49.0 Å². The summed E-state index contributed by atoms with van der Waals surface area (Å²) in [5, 5.41) is 6.02. The number of likely N-dealkylation sites (tertiary alicyclic amines) is 1. The lowest BCUT2D eigenvalue weighted by Gasteiger charge is -2.38. The molecular formula is C21H34IN3OS. The fraction of sp³-hybridized carbons (Fsp3) is 0.762. The highest BCUT2D eigenvalue weighted by Crippen LogP contribution is 2.42. The SMILES string of the molecule is CN=C(NCC1(c2cccs2)CCCCC1)N1CCC2(CCOCC2)C1.I. The van der Waals surface area contributed by atoms with Crippen molar-refractivity contribution in [3.63, 3.8) is 0 Å². The number of rotatable bonds is 3. The molecule has 2 aliphatic heterocycles. The molecule has 4 nitrogen and oxygen atoms in total. The minimum Gasteiger partial charge on any atom is -0.381 e. The van der Waals surface area contributed by atoms with Crippen LogP contribution in [0.3, 0.4) is 0 Å². The van der Waals surface area contributed by atoms with Gasteiger partial charge in [-0.3, -0.25) is 4.99 Å². The van der Waals surface area contributed by atoms with Gasteiger partial charge in [-0.25, -0.2) is 0 Å². The van der Waals surface area contributed by atoms with Crippen molar-refractivity contribution in [3.05, 3.63) is 22.4 Å². The van der Waals surface area contributed by atoms with E-state index in [0.717, 1.165) is 38.8 Å². The van der Waals surface area contributed by atoms with Crippen molar-refractivity contribution in [2.45, 2.75) is 56.8 Å². The summed E-state index contributed by atoms with van der Waals surface area (Å²) < 4.78 is 5.60. The molecule has 0 amide bonds. The number of thiophene rings is 1. The molecule has 1 spiro atoms. The molecule has 0 radical (unpaired) electrons. The number of nitrogens with one attached hydrogen (secondary N) is 1. The van der Waals surface area contributed by atoms with Gasteiger partial charge in [0, 0.05) is 50.2 Å². The Morgan fingerprint density at radius 2 is 1.96 bits per heavy atom. The number of hydrogen-bond acceptors (Lipinski definition) is 3. The summed E-state index contributed by atoms with van der Waals surface area (Å²) in [6, 6.07) is 4.55. The third-order valence-corrected chi connectivity index (χ3v) is 8.06. The van der Waals surface area contributed by atoms with Crippen LogP contribution in [-0.4, -0.2) is 50.8 Å². The smallest absolute Gasteiger partial charge is 0.193 e. The van der Waals surface area contributed by atoms with Crippen molar-refractivity contribution >= 4 is 41.3 Å². The lowest BCUT2D eigenvalue weighted by molar-refractivity contribution is 0.0217. The molecule has 0 atom stereocenters. The second-order valence-corrected chi connectivity index (χ2v) is 9.45. The molecule has 0 bridgehead atoms. The van der Waals surface area contributed by atoms with E-state index in [1.54, 1.807) is 4.88 Å². The van der Waals surface area contributed by atoms with Crippen LogP contribution in [0.4, 0.5) is 0 Å². The lowest BCUT2D eigenvalue weighted by Crippen LogP contribution is -2.48. The highest BCUT2D eigenvalue weighted by atomic mass is 127. The Hall–Kier alpha value is -0.340. The zero-order chi connectivity index (χ0) is 17.9. The number of ether oxygens (including phenoxy) is 1. The maximum atomic E-state index is 5.60. The van der Waals surface area contributed by atoms with Crippen molar-refractivity contribution in [2.24, 2.45) is 10.4 Å². The van der Waals surface area contributed by atoms with Gasteiger partial charge in [0.05, 0.1) is 0 Å². The maximum Gasteiger partial charge on any atom is 0.193 e. The van der Waals surface area contributed by atoms with E-state index in [1.807, 2.05) is 18.4 Å². The highest BCUT2D eigenvalue weighted by Gasteiger charge is 2.41. The Kier molecular flexibility index (Phi) is 7.47. The van der Waals surface area contributed by atoms with Crippen molar-refractivity contribution in [1.29, 1.82) is 0 Å². The number of aliphatic imine (C=N–C) groups is 1. The van der Waals surface area contributed by atoms with Crippen LogP contribution in [0, 0.1) is 5.41 Å². The van der Waals surface area contributed by atoms with Crippen LogP contribution in [0.25, 0.3) is 0 Å². The molecule has 2 saturated heterocycles. The lowest BCUT2D eigenvalue weighted by atomic mass is 9.73. The van der Waals surface area contributed by atoms with Gasteiger partial charge < -0.3 is 15.0 Å². The number of nitrogens with zero attached hydrogens (tertiary/aromatic N) is 2. The minimum atomic E-state index is 0. The highest BCUT2D eigenvalue weighted by molar-refractivity contribution is 14.0. The first kappa shape index (κ1) is 21.4. The topological polar surface area (TPSA) is 36.9 Å². The monoisotopic (exact) mass is 503 g/mol. The Morgan fingerprint density at radius 3 is 2.63 bits per heavy atom. The summed E-state index contributed by atoms with van der Waals surface area (Å²) in [6.07, 6.45) is 10.4. The first-order valence-electron chi connectivity index (χ1n) is 10.3. The molecule has 6 heteroatoms. The van der Waals surface area contributed by atoms with E-state index in [0.29, 0.717) is 10.8 Å². The van der Waals surface area contributed by atoms with Crippen LogP contribution in [0.1, 0.15) is 56.2 Å². The van der Waals surface area contributed by atoms with E-state index in [4.69, 9.17) is 4.74 Å². The summed E-state index contributed by atoms with van der Waals surface area (Å²) in [4.78, 5) is 8.70. The summed E-state index contributed by atoms with van der Waals surface area (Å²) in [6.45, 7) is 5.16. The summed E-state index contributed by atoms with van der Waals surface area (Å²) >= 11 is 1.93. The molecule has 0 unspecified atom stereocenters. The van der Waals surface area contributed by atoms with E-state index in [9.17, 15) is 0 Å². The van der Waals surface area contributed by atoms with Crippen LogP contribution >= 0.6 is 35.3 Å². The third kappa shape index (κ3) is 4.64. The number of hydrogen-bond donors (Lipinski definition) is 1. The van der Waals surface area contributed by atoms with E-state index in [2.05, 4.69) is 32.7 Å². The zero-order valence-corrected chi connectivity index (χ0v) is 19.7. The summed E-state index contributed by atoms with van der Waals surface area (Å²) in [7, 11) is 1.94. The van der Waals surface area contributed by atoms with Crippen LogP contribution < -0.4 is 5.32 Å². The fourth-order valence-electron chi connectivity index (χ4n) is 5.23. The molecule has 3 heterocycles. The van der Waals surface area contributed by atoms with Crippen molar-refractivity contribution in [3.8, 4) is 0 Å². The van der Waals surface area contributed by atoms with Crippen LogP contribution in [0.15, 0.2) is 22.5 Å². The molecule has 1 saturated carbocycles. The largest absolute Gasteiger partial charge is 0.381 e. The third-order valence-electron chi connectivity index (χ3n) is 6.94. The molecule has 27 heavy (non-hydrogen) atoms. The Balaban J connectivity index is 0.00000210. The molecule has 1 aromatic heterocycles. The van der Waals surface area contributed by atoms with Crippen LogP contribution in [0.5, 0.6) is 0 Å². The standard InChI is InChI=1S/C21H33N3OS.HI/c1-22-19(24-12-9-20(17-24)10-13-25-14-11-20)23-16-21(7-3-2-4-8-21)18-6-5-15-26-18;/h5-6,15H,2-4,7-14,16-17H2,1H3,(H,22,23);1H. The molecule has 4 rings (SSSR count). The second-order valence-electron chi connectivity index (χ2n) is 8.50.